The summed E-state index contributed by atoms with van der Waals surface area (Å²) in [7, 11) is 1.32. The van der Waals surface area contributed by atoms with Crippen LogP contribution in [-0.2, 0) is 4.74 Å². The molecule has 0 unspecified atom stereocenters. The number of methoxy groups -OCH3 is 1. The zero-order valence-corrected chi connectivity index (χ0v) is 11.6. The maximum absolute atomic E-state index is 11.1. The number of rotatable bonds is 8. The van der Waals surface area contributed by atoms with Crippen LogP contribution in [0.1, 0.15) is 29.8 Å². The Kier molecular flexibility index (Phi) is 7.17. The highest BCUT2D eigenvalue weighted by Crippen LogP contribution is 2.05. The lowest BCUT2D eigenvalue weighted by molar-refractivity contribution is 0.0593. The van der Waals surface area contributed by atoms with Crippen LogP contribution in [0.15, 0.2) is 12.4 Å². The summed E-state index contributed by atoms with van der Waals surface area (Å²) < 4.78 is 4.55. The SMILES string of the molecule is COC(=O)c1cnc(NCCCCCSC)cn1. The van der Waals surface area contributed by atoms with Gasteiger partial charge in [-0.05, 0) is 24.9 Å². The van der Waals surface area contributed by atoms with Gasteiger partial charge in [-0.3, -0.25) is 0 Å². The topological polar surface area (TPSA) is 64.1 Å². The monoisotopic (exact) mass is 269 g/mol. The predicted octanol–water partition coefficient (Wildman–Crippen LogP) is 2.21. The van der Waals surface area contributed by atoms with Crippen LogP contribution in [0.3, 0.4) is 0 Å². The molecule has 6 heteroatoms. The fourth-order valence-corrected chi connectivity index (χ4v) is 1.89. The Morgan fingerprint density at radius 2 is 2.17 bits per heavy atom. The van der Waals surface area contributed by atoms with Crippen molar-refractivity contribution in [2.24, 2.45) is 0 Å². The number of nitrogens with zero attached hydrogens (tertiary/aromatic N) is 2. The first kappa shape index (κ1) is 14.8. The summed E-state index contributed by atoms with van der Waals surface area (Å²) in [4.78, 5) is 19.2. The highest BCUT2D eigenvalue weighted by Gasteiger charge is 2.06. The molecule has 0 aliphatic heterocycles. The third kappa shape index (κ3) is 5.35. The zero-order chi connectivity index (χ0) is 13.2. The molecule has 1 aromatic rings. The van der Waals surface area contributed by atoms with Crippen molar-refractivity contribution in [3.63, 3.8) is 0 Å². The first-order valence-corrected chi connectivity index (χ1v) is 7.30. The summed E-state index contributed by atoms with van der Waals surface area (Å²) in [6.45, 7) is 0.876. The van der Waals surface area contributed by atoms with E-state index in [1.54, 1.807) is 6.20 Å². The van der Waals surface area contributed by atoms with Gasteiger partial charge in [-0.1, -0.05) is 6.42 Å². The van der Waals surface area contributed by atoms with E-state index in [2.05, 4.69) is 26.3 Å². The van der Waals surface area contributed by atoms with Gasteiger partial charge in [0.15, 0.2) is 5.69 Å². The van der Waals surface area contributed by atoms with E-state index >= 15 is 0 Å². The van der Waals surface area contributed by atoms with E-state index in [1.807, 2.05) is 11.8 Å². The van der Waals surface area contributed by atoms with Crippen LogP contribution in [0.4, 0.5) is 5.82 Å². The highest BCUT2D eigenvalue weighted by atomic mass is 32.2. The Morgan fingerprint density at radius 3 is 2.78 bits per heavy atom. The number of unbranched alkanes of at least 4 members (excludes halogenated alkanes) is 2. The van der Waals surface area contributed by atoms with E-state index in [0.29, 0.717) is 5.82 Å². The smallest absolute Gasteiger partial charge is 0.358 e. The second-order valence-corrected chi connectivity index (χ2v) is 4.74. The summed E-state index contributed by atoms with van der Waals surface area (Å²) in [5.41, 5.74) is 0.225. The third-order valence-electron chi connectivity index (χ3n) is 2.38. The van der Waals surface area contributed by atoms with Gasteiger partial charge in [0.1, 0.15) is 5.82 Å². The third-order valence-corrected chi connectivity index (χ3v) is 3.07. The quantitative estimate of drug-likeness (QED) is 0.576. The highest BCUT2D eigenvalue weighted by molar-refractivity contribution is 7.98. The minimum Gasteiger partial charge on any atom is -0.464 e. The zero-order valence-electron chi connectivity index (χ0n) is 10.8. The first-order valence-electron chi connectivity index (χ1n) is 5.91. The van der Waals surface area contributed by atoms with Crippen molar-refractivity contribution in [1.29, 1.82) is 0 Å². The summed E-state index contributed by atoms with van der Waals surface area (Å²) in [6, 6.07) is 0. The van der Waals surface area contributed by atoms with Crippen LogP contribution in [0.5, 0.6) is 0 Å². The largest absolute Gasteiger partial charge is 0.464 e. The number of thioether (sulfide) groups is 1. The molecule has 1 heterocycles. The van der Waals surface area contributed by atoms with Crippen LogP contribution in [-0.4, -0.2) is 41.6 Å². The molecule has 18 heavy (non-hydrogen) atoms. The lowest BCUT2D eigenvalue weighted by Gasteiger charge is -2.05. The van der Waals surface area contributed by atoms with Crippen molar-refractivity contribution in [2.45, 2.75) is 19.3 Å². The number of carbonyl (C=O) groups excluding carboxylic acids is 1. The molecule has 0 radical (unpaired) electrons. The molecule has 0 atom stereocenters. The number of ether oxygens (including phenoxy) is 1. The van der Waals surface area contributed by atoms with Crippen molar-refractivity contribution >= 4 is 23.5 Å². The van der Waals surface area contributed by atoms with Crippen molar-refractivity contribution in [1.82, 2.24) is 9.97 Å². The molecular formula is C12H19N3O2S. The summed E-state index contributed by atoms with van der Waals surface area (Å²) in [6.07, 6.45) is 8.66. The molecule has 0 amide bonds. The summed E-state index contributed by atoms with van der Waals surface area (Å²) in [5.74, 6) is 1.44. The van der Waals surface area contributed by atoms with Crippen LogP contribution in [0.2, 0.25) is 0 Å². The van der Waals surface area contributed by atoms with Gasteiger partial charge in [-0.15, -0.1) is 0 Å². The second-order valence-electron chi connectivity index (χ2n) is 3.76. The average Bonchev–Trinajstić information content (AvgIpc) is 2.42. The fraction of sp³-hybridized carbons (Fsp3) is 0.583. The van der Waals surface area contributed by atoms with Gasteiger partial charge in [-0.25, -0.2) is 14.8 Å². The van der Waals surface area contributed by atoms with E-state index in [4.69, 9.17) is 0 Å². The maximum Gasteiger partial charge on any atom is 0.358 e. The number of hydrogen-bond acceptors (Lipinski definition) is 6. The Hall–Kier alpha value is -1.30. The minimum atomic E-state index is -0.467. The first-order chi connectivity index (χ1) is 8.77. The predicted molar refractivity (Wildman–Crippen MR) is 74.1 cm³/mol. The van der Waals surface area contributed by atoms with Crippen LogP contribution < -0.4 is 5.32 Å². The van der Waals surface area contributed by atoms with Crippen LogP contribution in [0, 0.1) is 0 Å². The molecule has 1 rings (SSSR count). The molecule has 5 nitrogen and oxygen atoms in total. The summed E-state index contributed by atoms with van der Waals surface area (Å²) in [5, 5.41) is 3.17. The Labute approximate surface area is 112 Å². The van der Waals surface area contributed by atoms with Gasteiger partial charge in [0.25, 0.3) is 0 Å². The van der Waals surface area contributed by atoms with Gasteiger partial charge in [0.2, 0.25) is 0 Å². The van der Waals surface area contributed by atoms with E-state index in [-0.39, 0.29) is 5.69 Å². The molecule has 0 fully saturated rings. The normalized spacial score (nSPS) is 10.1. The van der Waals surface area contributed by atoms with Crippen molar-refractivity contribution in [3.05, 3.63) is 18.1 Å². The molecule has 0 saturated carbocycles. The lowest BCUT2D eigenvalue weighted by atomic mass is 10.2. The molecule has 1 N–H and O–H groups in total. The Morgan fingerprint density at radius 1 is 1.33 bits per heavy atom. The van der Waals surface area contributed by atoms with Gasteiger partial charge >= 0.3 is 5.97 Å². The van der Waals surface area contributed by atoms with Crippen LogP contribution in [0.25, 0.3) is 0 Å². The number of anilines is 1. The number of nitrogens with one attached hydrogen (secondary N) is 1. The van der Waals surface area contributed by atoms with E-state index in [1.165, 1.54) is 31.9 Å². The number of aromatic nitrogens is 2. The van der Waals surface area contributed by atoms with Crippen molar-refractivity contribution in [3.8, 4) is 0 Å². The van der Waals surface area contributed by atoms with Gasteiger partial charge in [-0.2, -0.15) is 11.8 Å². The molecule has 1 aromatic heterocycles. The fourth-order valence-electron chi connectivity index (χ4n) is 1.39. The number of hydrogen-bond donors (Lipinski definition) is 1. The maximum atomic E-state index is 11.1. The Balaban J connectivity index is 2.25. The minimum absolute atomic E-state index is 0.225. The molecule has 0 aromatic carbocycles. The average molecular weight is 269 g/mol. The molecule has 100 valence electrons. The molecule has 0 saturated heterocycles. The standard InChI is InChI=1S/C12H19N3O2S/c1-17-12(16)10-8-15-11(9-14-10)13-6-4-3-5-7-18-2/h8-9H,3-7H2,1-2H3,(H,13,15). The number of carbonyl (C=O) groups is 1. The van der Waals surface area contributed by atoms with Crippen LogP contribution >= 0.6 is 11.8 Å². The van der Waals surface area contributed by atoms with E-state index < -0.39 is 5.97 Å². The second kappa shape index (κ2) is 8.74. The summed E-state index contributed by atoms with van der Waals surface area (Å²) >= 11 is 1.88. The Bertz CT molecular complexity index is 357. The number of esters is 1. The van der Waals surface area contributed by atoms with Gasteiger partial charge < -0.3 is 10.1 Å². The van der Waals surface area contributed by atoms with E-state index in [0.717, 1.165) is 13.0 Å². The van der Waals surface area contributed by atoms with Crippen molar-refractivity contribution < 1.29 is 9.53 Å². The molecule has 0 aliphatic carbocycles. The van der Waals surface area contributed by atoms with Gasteiger partial charge in [0, 0.05) is 6.54 Å². The molecule has 0 aliphatic rings. The molecule has 0 spiro atoms. The molecule has 0 bridgehead atoms. The van der Waals surface area contributed by atoms with E-state index in [9.17, 15) is 4.79 Å². The van der Waals surface area contributed by atoms with Crippen molar-refractivity contribution in [2.75, 3.05) is 31.0 Å². The molecular weight excluding hydrogens is 250 g/mol. The van der Waals surface area contributed by atoms with Gasteiger partial charge in [0.05, 0.1) is 19.5 Å². The lowest BCUT2D eigenvalue weighted by Crippen LogP contribution is -2.08.